The summed E-state index contributed by atoms with van der Waals surface area (Å²) in [7, 11) is 0. The van der Waals surface area contributed by atoms with Crippen LogP contribution in [-0.2, 0) is 13.0 Å². The zero-order valence-electron chi connectivity index (χ0n) is 12.6. The van der Waals surface area contributed by atoms with Crippen LogP contribution in [0.25, 0.3) is 0 Å². The molecule has 118 valence electrons. The van der Waals surface area contributed by atoms with Crippen molar-refractivity contribution in [3.63, 3.8) is 0 Å². The predicted octanol–water partition coefficient (Wildman–Crippen LogP) is 0.823. The molecule has 2 aliphatic rings. The fourth-order valence-corrected chi connectivity index (χ4v) is 2.99. The number of aromatic amines is 1. The lowest BCUT2D eigenvalue weighted by Crippen LogP contribution is -2.37. The zero-order chi connectivity index (χ0) is 16.0. The number of nitrogens with one attached hydrogen (secondary N) is 1. The van der Waals surface area contributed by atoms with Gasteiger partial charge in [0.2, 0.25) is 11.5 Å². The summed E-state index contributed by atoms with van der Waals surface area (Å²) in [6, 6.07) is 3.19. The van der Waals surface area contributed by atoms with Gasteiger partial charge in [0.05, 0.1) is 5.69 Å². The number of anilines is 1. The molecule has 3 heterocycles. The number of nitrogen functional groups attached to an aromatic ring is 1. The van der Waals surface area contributed by atoms with Crippen LogP contribution in [0.1, 0.15) is 46.1 Å². The molecule has 2 aromatic heterocycles. The average Bonchev–Trinajstić information content (AvgIpc) is 3.38. The molecule has 1 fully saturated rings. The molecular formula is C16H17N5O2. The van der Waals surface area contributed by atoms with Crippen LogP contribution in [0, 0.1) is 0 Å². The van der Waals surface area contributed by atoms with Gasteiger partial charge in [-0.3, -0.25) is 9.59 Å². The lowest BCUT2D eigenvalue weighted by Gasteiger charge is -2.28. The van der Waals surface area contributed by atoms with Gasteiger partial charge >= 0.3 is 0 Å². The van der Waals surface area contributed by atoms with Gasteiger partial charge in [-0.25, -0.2) is 9.97 Å². The fourth-order valence-electron chi connectivity index (χ4n) is 2.99. The Bertz CT molecular complexity index is 841. The minimum absolute atomic E-state index is 0.125. The molecule has 4 rings (SSSR count). The molecular weight excluding hydrogens is 294 g/mol. The summed E-state index contributed by atoms with van der Waals surface area (Å²) in [5, 5.41) is 0. The van der Waals surface area contributed by atoms with E-state index in [4.69, 9.17) is 5.73 Å². The number of hydrogen-bond acceptors (Lipinski definition) is 5. The van der Waals surface area contributed by atoms with E-state index in [0.29, 0.717) is 31.0 Å². The van der Waals surface area contributed by atoms with Crippen molar-refractivity contribution >= 4 is 11.9 Å². The number of fused-ring (bicyclic) bond motifs is 1. The van der Waals surface area contributed by atoms with Crippen molar-refractivity contribution in [2.75, 3.05) is 12.3 Å². The number of rotatable bonds is 2. The van der Waals surface area contributed by atoms with E-state index in [1.807, 2.05) is 6.07 Å². The molecule has 0 aromatic carbocycles. The van der Waals surface area contributed by atoms with E-state index in [1.54, 1.807) is 11.1 Å². The Balaban J connectivity index is 1.60. The van der Waals surface area contributed by atoms with Crippen LogP contribution in [0.2, 0.25) is 0 Å². The van der Waals surface area contributed by atoms with Crippen molar-refractivity contribution in [3.8, 4) is 0 Å². The number of nitrogens with two attached hydrogens (primary N) is 1. The maximum Gasteiger partial charge on any atom is 0.254 e. The van der Waals surface area contributed by atoms with Gasteiger partial charge in [0, 0.05) is 48.6 Å². The molecule has 1 aliphatic carbocycles. The first kappa shape index (κ1) is 13.9. The first-order valence-corrected chi connectivity index (χ1v) is 7.74. The summed E-state index contributed by atoms with van der Waals surface area (Å²) < 4.78 is 0. The molecule has 23 heavy (non-hydrogen) atoms. The Morgan fingerprint density at radius 1 is 1.35 bits per heavy atom. The van der Waals surface area contributed by atoms with Crippen LogP contribution in [0.5, 0.6) is 0 Å². The highest BCUT2D eigenvalue weighted by Gasteiger charge is 2.27. The Hall–Kier alpha value is -2.70. The second kappa shape index (κ2) is 5.19. The standard InChI is InChI=1S/C16H17N5O2/c17-16-18-7-11-8-21(4-3-12(11)20-16)15(23)10-5-13(9-1-2-9)19-14(22)6-10/h5-7,9H,1-4,8H2,(H,19,22)(H2,17,18,20). The monoisotopic (exact) mass is 311 g/mol. The highest BCUT2D eigenvalue weighted by molar-refractivity contribution is 5.94. The summed E-state index contributed by atoms with van der Waals surface area (Å²) in [6.07, 6.45) is 4.46. The minimum Gasteiger partial charge on any atom is -0.368 e. The zero-order valence-corrected chi connectivity index (χ0v) is 12.6. The number of carbonyl (C=O) groups is 1. The Morgan fingerprint density at radius 3 is 2.96 bits per heavy atom. The molecule has 1 amide bonds. The summed E-state index contributed by atoms with van der Waals surface area (Å²) in [5.74, 6) is 0.529. The topological polar surface area (TPSA) is 105 Å². The summed E-state index contributed by atoms with van der Waals surface area (Å²) in [6.45, 7) is 1.01. The molecule has 1 aliphatic heterocycles. The van der Waals surface area contributed by atoms with Crippen molar-refractivity contribution < 1.29 is 4.79 Å². The molecule has 0 radical (unpaired) electrons. The van der Waals surface area contributed by atoms with Crippen LogP contribution in [-0.4, -0.2) is 32.3 Å². The second-order valence-corrected chi connectivity index (χ2v) is 6.14. The first-order valence-electron chi connectivity index (χ1n) is 7.74. The number of aromatic nitrogens is 3. The van der Waals surface area contributed by atoms with Crippen molar-refractivity contribution in [1.82, 2.24) is 19.9 Å². The molecule has 1 saturated carbocycles. The van der Waals surface area contributed by atoms with E-state index in [1.165, 1.54) is 6.07 Å². The maximum absolute atomic E-state index is 12.7. The highest BCUT2D eigenvalue weighted by Crippen LogP contribution is 2.38. The molecule has 0 unspecified atom stereocenters. The molecule has 0 atom stereocenters. The smallest absolute Gasteiger partial charge is 0.254 e. The van der Waals surface area contributed by atoms with Crippen LogP contribution in [0.4, 0.5) is 5.95 Å². The van der Waals surface area contributed by atoms with E-state index in [2.05, 4.69) is 15.0 Å². The molecule has 0 spiro atoms. The van der Waals surface area contributed by atoms with Gasteiger partial charge in [-0.15, -0.1) is 0 Å². The number of carbonyl (C=O) groups excluding carboxylic acids is 1. The molecule has 7 nitrogen and oxygen atoms in total. The Kier molecular flexibility index (Phi) is 3.14. The summed E-state index contributed by atoms with van der Waals surface area (Å²) >= 11 is 0. The van der Waals surface area contributed by atoms with Gasteiger partial charge in [-0.1, -0.05) is 0 Å². The van der Waals surface area contributed by atoms with E-state index in [0.717, 1.165) is 29.8 Å². The Labute approximate surface area is 132 Å². The quantitative estimate of drug-likeness (QED) is 0.854. The van der Waals surface area contributed by atoms with Crippen LogP contribution in [0.3, 0.4) is 0 Å². The largest absolute Gasteiger partial charge is 0.368 e. The van der Waals surface area contributed by atoms with Crippen LogP contribution in [0.15, 0.2) is 23.1 Å². The van der Waals surface area contributed by atoms with Crippen LogP contribution < -0.4 is 11.3 Å². The second-order valence-electron chi connectivity index (χ2n) is 6.14. The van der Waals surface area contributed by atoms with Crippen molar-refractivity contribution in [1.29, 1.82) is 0 Å². The molecule has 2 aromatic rings. The van der Waals surface area contributed by atoms with E-state index in [9.17, 15) is 9.59 Å². The lowest BCUT2D eigenvalue weighted by molar-refractivity contribution is 0.0733. The third kappa shape index (κ3) is 2.69. The average molecular weight is 311 g/mol. The van der Waals surface area contributed by atoms with Crippen LogP contribution >= 0.6 is 0 Å². The van der Waals surface area contributed by atoms with Gasteiger partial charge in [0.1, 0.15) is 0 Å². The van der Waals surface area contributed by atoms with Gasteiger partial charge in [0.25, 0.3) is 5.91 Å². The maximum atomic E-state index is 12.7. The summed E-state index contributed by atoms with van der Waals surface area (Å²) in [5.41, 5.74) is 8.50. The molecule has 0 bridgehead atoms. The first-order chi connectivity index (χ1) is 11.1. The van der Waals surface area contributed by atoms with Gasteiger partial charge in [-0.2, -0.15) is 0 Å². The fraction of sp³-hybridized carbons (Fsp3) is 0.375. The third-order valence-electron chi connectivity index (χ3n) is 4.37. The Morgan fingerprint density at radius 2 is 2.17 bits per heavy atom. The van der Waals surface area contributed by atoms with E-state index in [-0.39, 0.29) is 17.4 Å². The minimum atomic E-state index is -0.216. The van der Waals surface area contributed by atoms with E-state index < -0.39 is 0 Å². The molecule has 3 N–H and O–H groups in total. The summed E-state index contributed by atoms with van der Waals surface area (Å²) in [4.78, 5) is 37.3. The number of H-pyrrole nitrogens is 1. The van der Waals surface area contributed by atoms with Gasteiger partial charge in [-0.05, 0) is 24.8 Å². The molecule has 0 saturated heterocycles. The van der Waals surface area contributed by atoms with Gasteiger partial charge in [0.15, 0.2) is 0 Å². The van der Waals surface area contributed by atoms with E-state index >= 15 is 0 Å². The predicted molar refractivity (Wildman–Crippen MR) is 83.9 cm³/mol. The third-order valence-corrected chi connectivity index (χ3v) is 4.37. The van der Waals surface area contributed by atoms with Crippen molar-refractivity contribution in [2.24, 2.45) is 0 Å². The number of hydrogen-bond donors (Lipinski definition) is 2. The highest BCUT2D eigenvalue weighted by atomic mass is 16.2. The number of nitrogens with zero attached hydrogens (tertiary/aromatic N) is 3. The van der Waals surface area contributed by atoms with Crippen molar-refractivity contribution in [2.45, 2.75) is 31.7 Å². The van der Waals surface area contributed by atoms with Crippen molar-refractivity contribution in [3.05, 3.63) is 51.2 Å². The number of pyridine rings is 1. The molecule has 7 heteroatoms. The number of amides is 1. The lowest BCUT2D eigenvalue weighted by atomic mass is 10.1. The SMILES string of the molecule is Nc1ncc2c(n1)CCN(C(=O)c1cc(C3CC3)[nH]c(=O)c1)C2. The normalized spacial score (nSPS) is 17.0. The van der Waals surface area contributed by atoms with Gasteiger partial charge < -0.3 is 15.6 Å².